The summed E-state index contributed by atoms with van der Waals surface area (Å²) in [6.45, 7) is 2.42. The highest BCUT2D eigenvalue weighted by molar-refractivity contribution is 5.41. The number of aryl methyl sites for hydroxylation is 1. The van der Waals surface area contributed by atoms with Gasteiger partial charge >= 0.3 is 6.18 Å². The van der Waals surface area contributed by atoms with Crippen molar-refractivity contribution in [3.63, 3.8) is 0 Å². The van der Waals surface area contributed by atoms with Crippen molar-refractivity contribution in [3.8, 4) is 0 Å². The number of aliphatic hydroxyl groups is 1. The van der Waals surface area contributed by atoms with E-state index in [1.54, 1.807) is 0 Å². The van der Waals surface area contributed by atoms with E-state index in [4.69, 9.17) is 5.11 Å². The van der Waals surface area contributed by atoms with E-state index in [-0.39, 0.29) is 17.7 Å². The van der Waals surface area contributed by atoms with Crippen LogP contribution in [-0.2, 0) is 12.8 Å². The lowest BCUT2D eigenvalue weighted by molar-refractivity contribution is -0.138. The van der Waals surface area contributed by atoms with Crippen molar-refractivity contribution in [2.24, 2.45) is 0 Å². The van der Waals surface area contributed by atoms with Gasteiger partial charge in [0.2, 0.25) is 0 Å². The number of aliphatic hydroxyl groups excluding tert-OH is 1. The van der Waals surface area contributed by atoms with Gasteiger partial charge in [-0.2, -0.15) is 13.2 Å². The van der Waals surface area contributed by atoms with Gasteiger partial charge in [0.1, 0.15) is 0 Å². The summed E-state index contributed by atoms with van der Waals surface area (Å²) in [5, 5.41) is 8.83. The van der Waals surface area contributed by atoms with E-state index < -0.39 is 11.7 Å². The zero-order chi connectivity index (χ0) is 10.9. The maximum absolute atomic E-state index is 12.5. The Labute approximate surface area is 80.2 Å². The Morgan fingerprint density at radius 3 is 2.21 bits per heavy atom. The second kappa shape index (κ2) is 3.61. The summed E-state index contributed by atoms with van der Waals surface area (Å²) in [5.74, 6) is 0. The first-order valence-electron chi connectivity index (χ1n) is 4.15. The lowest BCUT2D eigenvalue weighted by Crippen LogP contribution is -2.11. The minimum absolute atomic E-state index is 0.111. The van der Waals surface area contributed by atoms with E-state index in [2.05, 4.69) is 0 Å². The van der Waals surface area contributed by atoms with Crippen LogP contribution >= 0.6 is 0 Å². The Bertz CT molecular complexity index is 342. The molecule has 0 aliphatic carbocycles. The first-order chi connectivity index (χ1) is 6.38. The predicted octanol–water partition coefficient (Wildman–Crippen LogP) is 2.81. The van der Waals surface area contributed by atoms with Crippen LogP contribution < -0.4 is 0 Å². The third-order valence-corrected chi connectivity index (χ3v) is 2.24. The second-order valence-electron chi connectivity index (χ2n) is 3.20. The van der Waals surface area contributed by atoms with Gasteiger partial charge in [0.15, 0.2) is 0 Å². The van der Waals surface area contributed by atoms with Crippen molar-refractivity contribution in [2.45, 2.75) is 26.6 Å². The standard InChI is InChI=1S/C10H11F3O/c1-6-3-4-8(5-14)7(2)9(6)10(11,12)13/h3-4,14H,5H2,1-2H3. The molecule has 0 bridgehead atoms. The molecule has 0 heterocycles. The molecule has 0 amide bonds. The van der Waals surface area contributed by atoms with Gasteiger partial charge in [-0.3, -0.25) is 0 Å². The predicted molar refractivity (Wildman–Crippen MR) is 46.8 cm³/mol. The molecule has 0 fully saturated rings. The largest absolute Gasteiger partial charge is 0.416 e. The van der Waals surface area contributed by atoms with E-state index in [0.717, 1.165) is 0 Å². The number of hydrogen-bond donors (Lipinski definition) is 1. The fourth-order valence-corrected chi connectivity index (χ4v) is 1.50. The Hall–Kier alpha value is -1.03. The zero-order valence-electron chi connectivity index (χ0n) is 7.94. The molecule has 1 aromatic rings. The smallest absolute Gasteiger partial charge is 0.392 e. The molecule has 0 saturated heterocycles. The fourth-order valence-electron chi connectivity index (χ4n) is 1.50. The van der Waals surface area contributed by atoms with Gasteiger partial charge in [0.25, 0.3) is 0 Å². The highest BCUT2D eigenvalue weighted by Crippen LogP contribution is 2.35. The quantitative estimate of drug-likeness (QED) is 0.745. The molecule has 14 heavy (non-hydrogen) atoms. The molecule has 0 aromatic heterocycles. The lowest BCUT2D eigenvalue weighted by atomic mass is 9.97. The van der Waals surface area contributed by atoms with Crippen molar-refractivity contribution in [3.05, 3.63) is 34.4 Å². The third kappa shape index (κ3) is 1.90. The summed E-state index contributed by atoms with van der Waals surface area (Å²) in [5.41, 5.74) is -0.0147. The molecule has 1 nitrogen and oxygen atoms in total. The number of rotatable bonds is 1. The van der Waals surface area contributed by atoms with Gasteiger partial charge < -0.3 is 5.11 Å². The Morgan fingerprint density at radius 2 is 1.79 bits per heavy atom. The summed E-state index contributed by atoms with van der Waals surface area (Å²) in [4.78, 5) is 0. The number of hydrogen-bond acceptors (Lipinski definition) is 1. The maximum atomic E-state index is 12.5. The molecule has 0 atom stereocenters. The van der Waals surface area contributed by atoms with Crippen LogP contribution in [0.15, 0.2) is 12.1 Å². The average Bonchev–Trinajstić information content (AvgIpc) is 2.02. The van der Waals surface area contributed by atoms with Crippen LogP contribution in [0.25, 0.3) is 0 Å². The fraction of sp³-hybridized carbons (Fsp3) is 0.400. The van der Waals surface area contributed by atoms with Crippen molar-refractivity contribution in [2.75, 3.05) is 0 Å². The van der Waals surface area contributed by atoms with Crippen molar-refractivity contribution < 1.29 is 18.3 Å². The Morgan fingerprint density at radius 1 is 1.21 bits per heavy atom. The summed E-state index contributed by atoms with van der Waals surface area (Å²) in [6, 6.07) is 2.89. The summed E-state index contributed by atoms with van der Waals surface area (Å²) in [7, 11) is 0. The van der Waals surface area contributed by atoms with E-state index in [9.17, 15) is 13.2 Å². The first kappa shape index (κ1) is 11.0. The molecule has 0 radical (unpaired) electrons. The average molecular weight is 204 g/mol. The number of benzene rings is 1. The molecule has 1 N–H and O–H groups in total. The Kier molecular flexibility index (Phi) is 2.85. The van der Waals surface area contributed by atoms with Crippen LogP contribution in [-0.4, -0.2) is 5.11 Å². The lowest BCUT2D eigenvalue weighted by Gasteiger charge is -2.15. The molecule has 1 rings (SSSR count). The van der Waals surface area contributed by atoms with Crippen LogP contribution in [0.2, 0.25) is 0 Å². The minimum atomic E-state index is -4.35. The molecule has 78 valence electrons. The highest BCUT2D eigenvalue weighted by Gasteiger charge is 2.34. The van der Waals surface area contributed by atoms with Crippen LogP contribution in [0.4, 0.5) is 13.2 Å². The minimum Gasteiger partial charge on any atom is -0.392 e. The topological polar surface area (TPSA) is 20.2 Å². The first-order valence-corrected chi connectivity index (χ1v) is 4.15. The molecular weight excluding hydrogens is 193 g/mol. The van der Waals surface area contributed by atoms with E-state index in [1.165, 1.54) is 26.0 Å². The number of halogens is 3. The molecule has 0 saturated carbocycles. The van der Waals surface area contributed by atoms with Crippen LogP contribution in [0.3, 0.4) is 0 Å². The molecule has 0 aliphatic rings. The molecule has 4 heteroatoms. The van der Waals surface area contributed by atoms with Gasteiger partial charge in [-0.05, 0) is 30.5 Å². The van der Waals surface area contributed by atoms with Crippen molar-refractivity contribution in [1.82, 2.24) is 0 Å². The summed E-state index contributed by atoms with van der Waals surface area (Å²) >= 11 is 0. The molecule has 0 aliphatic heterocycles. The van der Waals surface area contributed by atoms with Gasteiger partial charge in [0.05, 0.1) is 12.2 Å². The van der Waals surface area contributed by atoms with Crippen molar-refractivity contribution in [1.29, 1.82) is 0 Å². The maximum Gasteiger partial charge on any atom is 0.416 e. The van der Waals surface area contributed by atoms with Crippen LogP contribution in [0.5, 0.6) is 0 Å². The van der Waals surface area contributed by atoms with E-state index >= 15 is 0 Å². The van der Waals surface area contributed by atoms with Crippen molar-refractivity contribution >= 4 is 0 Å². The SMILES string of the molecule is Cc1ccc(CO)c(C)c1C(F)(F)F. The highest BCUT2D eigenvalue weighted by atomic mass is 19.4. The monoisotopic (exact) mass is 204 g/mol. The Balaban J connectivity index is 3.40. The van der Waals surface area contributed by atoms with E-state index in [1.807, 2.05) is 0 Å². The second-order valence-corrected chi connectivity index (χ2v) is 3.20. The number of alkyl halides is 3. The van der Waals surface area contributed by atoms with Gasteiger partial charge in [-0.1, -0.05) is 12.1 Å². The van der Waals surface area contributed by atoms with E-state index in [0.29, 0.717) is 5.56 Å². The van der Waals surface area contributed by atoms with Gasteiger partial charge in [-0.15, -0.1) is 0 Å². The third-order valence-electron chi connectivity index (χ3n) is 2.24. The van der Waals surface area contributed by atoms with Gasteiger partial charge in [0, 0.05) is 0 Å². The normalized spacial score (nSPS) is 11.9. The zero-order valence-corrected chi connectivity index (χ0v) is 7.94. The van der Waals surface area contributed by atoms with Crippen LogP contribution in [0.1, 0.15) is 22.3 Å². The molecule has 0 spiro atoms. The molecular formula is C10H11F3O. The van der Waals surface area contributed by atoms with Crippen LogP contribution in [0, 0.1) is 13.8 Å². The molecule has 1 aromatic carbocycles. The summed E-state index contributed by atoms with van der Waals surface area (Å²) in [6.07, 6.45) is -4.35. The molecule has 0 unspecified atom stereocenters. The van der Waals surface area contributed by atoms with Gasteiger partial charge in [-0.25, -0.2) is 0 Å². The summed E-state index contributed by atoms with van der Waals surface area (Å²) < 4.78 is 37.6.